The first-order chi connectivity index (χ1) is 10.7. The second-order valence-electron chi connectivity index (χ2n) is 5.82. The van der Waals surface area contributed by atoms with E-state index in [4.69, 9.17) is 11.6 Å². The lowest BCUT2D eigenvalue weighted by Crippen LogP contribution is -2.09. The lowest BCUT2D eigenvalue weighted by atomic mass is 10.2. The molecule has 0 unspecified atom stereocenters. The third-order valence-corrected chi connectivity index (χ3v) is 4.53. The van der Waals surface area contributed by atoms with Gasteiger partial charge in [-0.3, -0.25) is 4.68 Å². The summed E-state index contributed by atoms with van der Waals surface area (Å²) >= 11 is 6.20. The van der Waals surface area contributed by atoms with Crippen molar-refractivity contribution in [3.63, 3.8) is 0 Å². The Labute approximate surface area is 136 Å². The third-order valence-electron chi connectivity index (χ3n) is 4.22. The summed E-state index contributed by atoms with van der Waals surface area (Å²) in [6, 6.07) is 2.66. The van der Waals surface area contributed by atoms with Crippen LogP contribution in [-0.2, 0) is 13.0 Å². The molecule has 0 radical (unpaired) electrons. The fraction of sp³-hybridized carbons (Fsp3) is 0.562. The fourth-order valence-corrected chi connectivity index (χ4v) is 3.38. The normalized spacial score (nSPS) is 15.4. The second kappa shape index (κ2) is 6.65. The molecule has 6 heteroatoms. The van der Waals surface area contributed by atoms with Crippen molar-refractivity contribution >= 4 is 17.4 Å². The fourth-order valence-electron chi connectivity index (χ4n) is 3.04. The summed E-state index contributed by atoms with van der Waals surface area (Å²) in [5, 5.41) is 8.58. The smallest absolute Gasteiger partial charge is 0.138 e. The molecule has 1 aliphatic rings. The standard InChI is InChI=1S/C16H22ClN5/c1-3-14-15(17)19-11(2)20-16(14)18-10-12-8-9-22(21-12)13-6-4-5-7-13/h8-9,13H,3-7,10H2,1-2H3,(H,18,19,20). The molecular weight excluding hydrogens is 298 g/mol. The van der Waals surface area contributed by atoms with Crippen molar-refractivity contribution in [2.45, 2.75) is 58.5 Å². The zero-order valence-corrected chi connectivity index (χ0v) is 13.9. The monoisotopic (exact) mass is 319 g/mol. The largest absolute Gasteiger partial charge is 0.364 e. The minimum absolute atomic E-state index is 0.536. The van der Waals surface area contributed by atoms with E-state index >= 15 is 0 Å². The number of rotatable bonds is 5. The highest BCUT2D eigenvalue weighted by Gasteiger charge is 2.17. The van der Waals surface area contributed by atoms with Gasteiger partial charge in [0.1, 0.15) is 16.8 Å². The first-order valence-corrected chi connectivity index (χ1v) is 8.36. The molecule has 0 saturated heterocycles. The summed E-state index contributed by atoms with van der Waals surface area (Å²) in [5.74, 6) is 1.50. The van der Waals surface area contributed by atoms with Gasteiger partial charge < -0.3 is 5.32 Å². The Morgan fingerprint density at radius 2 is 2.09 bits per heavy atom. The van der Waals surface area contributed by atoms with Crippen LogP contribution in [0, 0.1) is 6.92 Å². The van der Waals surface area contributed by atoms with Gasteiger partial charge in [0.25, 0.3) is 0 Å². The molecule has 22 heavy (non-hydrogen) atoms. The van der Waals surface area contributed by atoms with Crippen LogP contribution in [0.2, 0.25) is 5.15 Å². The number of aryl methyl sites for hydroxylation is 1. The van der Waals surface area contributed by atoms with Gasteiger partial charge in [-0.1, -0.05) is 31.4 Å². The minimum Gasteiger partial charge on any atom is -0.364 e. The molecule has 1 saturated carbocycles. The van der Waals surface area contributed by atoms with Crippen molar-refractivity contribution < 1.29 is 0 Å². The molecule has 0 amide bonds. The van der Waals surface area contributed by atoms with Crippen LogP contribution in [-0.4, -0.2) is 19.7 Å². The number of aromatic nitrogens is 4. The Hall–Kier alpha value is -1.62. The number of nitrogens with one attached hydrogen (secondary N) is 1. The molecule has 0 bridgehead atoms. The van der Waals surface area contributed by atoms with Crippen LogP contribution >= 0.6 is 11.6 Å². The molecule has 0 aliphatic heterocycles. The summed E-state index contributed by atoms with van der Waals surface area (Å²) in [6.45, 7) is 4.56. The zero-order chi connectivity index (χ0) is 15.5. The van der Waals surface area contributed by atoms with Crippen molar-refractivity contribution in [3.8, 4) is 0 Å². The number of nitrogens with zero attached hydrogens (tertiary/aromatic N) is 4. The van der Waals surface area contributed by atoms with Gasteiger partial charge in [-0.05, 0) is 32.3 Å². The number of hydrogen-bond donors (Lipinski definition) is 1. The van der Waals surface area contributed by atoms with Gasteiger partial charge in [0.15, 0.2) is 0 Å². The third kappa shape index (κ3) is 3.24. The minimum atomic E-state index is 0.536. The van der Waals surface area contributed by atoms with Crippen molar-refractivity contribution in [2.75, 3.05) is 5.32 Å². The SMILES string of the molecule is CCc1c(Cl)nc(C)nc1NCc1ccn(C2CCCC2)n1. The highest BCUT2D eigenvalue weighted by molar-refractivity contribution is 6.30. The Morgan fingerprint density at radius 3 is 2.82 bits per heavy atom. The first kappa shape index (κ1) is 15.3. The molecule has 0 spiro atoms. The van der Waals surface area contributed by atoms with Gasteiger partial charge in [0.05, 0.1) is 18.3 Å². The Bertz CT molecular complexity index is 646. The highest BCUT2D eigenvalue weighted by atomic mass is 35.5. The van der Waals surface area contributed by atoms with Crippen molar-refractivity contribution in [2.24, 2.45) is 0 Å². The van der Waals surface area contributed by atoms with Gasteiger partial charge >= 0.3 is 0 Å². The molecule has 2 aromatic rings. The molecule has 1 aliphatic carbocycles. The van der Waals surface area contributed by atoms with Gasteiger partial charge in [-0.15, -0.1) is 0 Å². The van der Waals surface area contributed by atoms with Crippen LogP contribution in [0.4, 0.5) is 5.82 Å². The summed E-state index contributed by atoms with van der Waals surface area (Å²) in [7, 11) is 0. The van der Waals surface area contributed by atoms with Gasteiger partial charge in [0.2, 0.25) is 0 Å². The summed E-state index contributed by atoms with van der Waals surface area (Å²) in [4.78, 5) is 8.67. The van der Waals surface area contributed by atoms with E-state index in [-0.39, 0.29) is 0 Å². The number of anilines is 1. The van der Waals surface area contributed by atoms with E-state index in [2.05, 4.69) is 44.3 Å². The maximum absolute atomic E-state index is 6.20. The van der Waals surface area contributed by atoms with Crippen LogP contribution < -0.4 is 5.32 Å². The van der Waals surface area contributed by atoms with Crippen molar-refractivity contribution in [1.82, 2.24) is 19.7 Å². The highest BCUT2D eigenvalue weighted by Crippen LogP contribution is 2.29. The van der Waals surface area contributed by atoms with Crippen LogP contribution in [0.15, 0.2) is 12.3 Å². The van der Waals surface area contributed by atoms with Crippen LogP contribution in [0.5, 0.6) is 0 Å². The van der Waals surface area contributed by atoms with Gasteiger partial charge in [-0.25, -0.2) is 9.97 Å². The summed E-state index contributed by atoms with van der Waals surface area (Å²) in [5.41, 5.74) is 1.99. The van der Waals surface area contributed by atoms with E-state index in [1.54, 1.807) is 0 Å². The van der Waals surface area contributed by atoms with Gasteiger partial charge in [0, 0.05) is 11.8 Å². The van der Waals surface area contributed by atoms with Crippen LogP contribution in [0.25, 0.3) is 0 Å². The maximum Gasteiger partial charge on any atom is 0.138 e. The molecule has 0 aromatic carbocycles. The molecule has 5 nitrogen and oxygen atoms in total. The van der Waals surface area contributed by atoms with Crippen LogP contribution in [0.1, 0.15) is 55.7 Å². The molecule has 2 heterocycles. The van der Waals surface area contributed by atoms with E-state index in [1.165, 1.54) is 25.7 Å². The summed E-state index contributed by atoms with van der Waals surface area (Å²) in [6.07, 6.45) is 8.02. The average molecular weight is 320 g/mol. The van der Waals surface area contributed by atoms with Crippen LogP contribution in [0.3, 0.4) is 0 Å². The number of hydrogen-bond acceptors (Lipinski definition) is 4. The van der Waals surface area contributed by atoms with E-state index in [1.807, 2.05) is 6.92 Å². The van der Waals surface area contributed by atoms with Gasteiger partial charge in [-0.2, -0.15) is 5.10 Å². The Kier molecular flexibility index (Phi) is 4.62. The lowest BCUT2D eigenvalue weighted by molar-refractivity contribution is 0.463. The Balaban J connectivity index is 1.70. The predicted octanol–water partition coefficient (Wildman–Crippen LogP) is 3.92. The first-order valence-electron chi connectivity index (χ1n) is 7.98. The number of halogens is 1. The second-order valence-corrected chi connectivity index (χ2v) is 6.18. The molecule has 0 atom stereocenters. The zero-order valence-electron chi connectivity index (χ0n) is 13.1. The molecular formula is C16H22ClN5. The van der Waals surface area contributed by atoms with E-state index in [0.29, 0.717) is 23.6 Å². The van der Waals surface area contributed by atoms with E-state index < -0.39 is 0 Å². The quantitative estimate of drug-likeness (QED) is 0.848. The molecule has 2 aromatic heterocycles. The lowest BCUT2D eigenvalue weighted by Gasteiger charge is -2.11. The Morgan fingerprint density at radius 1 is 1.32 bits per heavy atom. The van der Waals surface area contributed by atoms with E-state index in [0.717, 1.165) is 23.5 Å². The molecule has 3 rings (SSSR count). The molecule has 1 fully saturated rings. The predicted molar refractivity (Wildman–Crippen MR) is 88.2 cm³/mol. The summed E-state index contributed by atoms with van der Waals surface area (Å²) < 4.78 is 2.11. The maximum atomic E-state index is 6.20. The molecule has 118 valence electrons. The van der Waals surface area contributed by atoms with Crippen molar-refractivity contribution in [1.29, 1.82) is 0 Å². The average Bonchev–Trinajstić information content (AvgIpc) is 3.15. The topological polar surface area (TPSA) is 55.6 Å². The van der Waals surface area contributed by atoms with Crippen molar-refractivity contribution in [3.05, 3.63) is 34.5 Å². The van der Waals surface area contributed by atoms with E-state index in [9.17, 15) is 0 Å². The molecule has 1 N–H and O–H groups in total.